The van der Waals surface area contributed by atoms with Crippen LogP contribution >= 0.6 is 35.6 Å². The van der Waals surface area contributed by atoms with Gasteiger partial charge in [-0.1, -0.05) is 41.4 Å². The van der Waals surface area contributed by atoms with Gasteiger partial charge in [-0.3, -0.25) is 4.79 Å². The van der Waals surface area contributed by atoms with Gasteiger partial charge in [-0.2, -0.15) is 5.10 Å². The average molecular weight is 480 g/mol. The first kappa shape index (κ1) is 23.6. The molecule has 0 aliphatic carbocycles. The van der Waals surface area contributed by atoms with Crippen molar-refractivity contribution in [2.24, 2.45) is 0 Å². The maximum Gasteiger partial charge on any atom is 0.255 e. The van der Waals surface area contributed by atoms with Crippen molar-refractivity contribution in [3.8, 4) is 5.69 Å². The zero-order chi connectivity index (χ0) is 21.1. The van der Waals surface area contributed by atoms with Crippen molar-refractivity contribution in [3.63, 3.8) is 0 Å². The Balaban J connectivity index is 0.00000272. The van der Waals surface area contributed by atoms with Crippen LogP contribution in [0.15, 0.2) is 48.7 Å². The number of rotatable bonds is 5. The van der Waals surface area contributed by atoms with Crippen LogP contribution in [0, 0.1) is 6.92 Å². The lowest BCUT2D eigenvalue weighted by Crippen LogP contribution is -2.30. The summed E-state index contributed by atoms with van der Waals surface area (Å²) in [5.74, 6) is 0.132. The summed E-state index contributed by atoms with van der Waals surface area (Å²) in [7, 11) is 0. The maximum absolute atomic E-state index is 13.1. The molecule has 0 bridgehead atoms. The van der Waals surface area contributed by atoms with Gasteiger partial charge in [0, 0.05) is 22.5 Å². The molecule has 0 atom stereocenters. The summed E-state index contributed by atoms with van der Waals surface area (Å²) >= 11 is 12.3. The lowest BCUT2D eigenvalue weighted by Gasteiger charge is -2.25. The van der Waals surface area contributed by atoms with E-state index in [0.717, 1.165) is 48.4 Å². The molecule has 0 saturated carbocycles. The van der Waals surface area contributed by atoms with E-state index in [9.17, 15) is 4.79 Å². The van der Waals surface area contributed by atoms with E-state index in [4.69, 9.17) is 23.2 Å². The monoisotopic (exact) mass is 478 g/mol. The minimum Gasteiger partial charge on any atom is -0.348 e. The standard InChI is InChI=1S/C23H24Cl2N4O.ClH/c1-15-2-7-19(12-21(15)25)29-22(17-8-10-26-11-9-17)20(14-28-29)23(30)27-13-16-3-5-18(24)6-4-16;/h2-7,12,14,17,26H,8-11,13H2,1H3,(H,27,30);1H. The summed E-state index contributed by atoms with van der Waals surface area (Å²) in [5.41, 5.74) is 4.44. The van der Waals surface area contributed by atoms with E-state index >= 15 is 0 Å². The minimum absolute atomic E-state index is 0. The Hall–Kier alpha value is -2.05. The molecule has 5 nitrogen and oxygen atoms in total. The van der Waals surface area contributed by atoms with Gasteiger partial charge < -0.3 is 10.6 Å². The highest BCUT2D eigenvalue weighted by Gasteiger charge is 2.27. The van der Waals surface area contributed by atoms with Gasteiger partial charge in [0.15, 0.2) is 0 Å². The number of nitrogens with one attached hydrogen (secondary N) is 2. The molecule has 1 amide bonds. The quantitative estimate of drug-likeness (QED) is 0.521. The molecule has 1 saturated heterocycles. The molecule has 1 aromatic heterocycles. The van der Waals surface area contributed by atoms with Gasteiger partial charge >= 0.3 is 0 Å². The smallest absolute Gasteiger partial charge is 0.255 e. The fraction of sp³-hybridized carbons (Fsp3) is 0.304. The van der Waals surface area contributed by atoms with Crippen LogP contribution in [0.5, 0.6) is 0 Å². The zero-order valence-electron chi connectivity index (χ0n) is 17.2. The maximum atomic E-state index is 13.1. The van der Waals surface area contributed by atoms with Crippen molar-refractivity contribution < 1.29 is 4.79 Å². The van der Waals surface area contributed by atoms with Gasteiger partial charge in [-0.25, -0.2) is 4.68 Å². The van der Waals surface area contributed by atoms with E-state index in [-0.39, 0.29) is 24.2 Å². The first-order chi connectivity index (χ1) is 14.5. The Morgan fingerprint density at radius 3 is 2.55 bits per heavy atom. The van der Waals surface area contributed by atoms with Crippen LogP contribution < -0.4 is 10.6 Å². The molecule has 0 spiro atoms. The summed E-state index contributed by atoms with van der Waals surface area (Å²) in [5, 5.41) is 12.4. The highest BCUT2D eigenvalue weighted by atomic mass is 35.5. The van der Waals surface area contributed by atoms with Gasteiger partial charge in [-0.05, 0) is 68.2 Å². The van der Waals surface area contributed by atoms with Crippen molar-refractivity contribution in [2.45, 2.75) is 32.2 Å². The third-order valence-electron chi connectivity index (χ3n) is 5.54. The predicted octanol–water partition coefficient (Wildman–Crippen LogP) is 5.31. The fourth-order valence-corrected chi connectivity index (χ4v) is 4.12. The van der Waals surface area contributed by atoms with Crippen LogP contribution in [-0.4, -0.2) is 28.8 Å². The van der Waals surface area contributed by atoms with Crippen molar-refractivity contribution in [3.05, 3.63) is 81.1 Å². The van der Waals surface area contributed by atoms with Crippen molar-refractivity contribution >= 4 is 41.5 Å². The number of halogens is 3. The van der Waals surface area contributed by atoms with E-state index < -0.39 is 0 Å². The molecular formula is C23H25Cl3N4O. The van der Waals surface area contributed by atoms with Gasteiger partial charge in [0.2, 0.25) is 0 Å². The van der Waals surface area contributed by atoms with Crippen LogP contribution in [-0.2, 0) is 6.54 Å². The second kappa shape index (κ2) is 10.5. The highest BCUT2D eigenvalue weighted by molar-refractivity contribution is 6.31. The Bertz CT molecular complexity index is 1040. The third kappa shape index (κ3) is 5.42. The number of aromatic nitrogens is 2. The Morgan fingerprint density at radius 2 is 1.87 bits per heavy atom. The number of aryl methyl sites for hydroxylation is 1. The number of piperidine rings is 1. The van der Waals surface area contributed by atoms with E-state index in [1.54, 1.807) is 6.20 Å². The molecule has 2 N–H and O–H groups in total. The van der Waals surface area contributed by atoms with Crippen molar-refractivity contribution in [1.29, 1.82) is 0 Å². The van der Waals surface area contributed by atoms with Gasteiger partial charge in [0.05, 0.1) is 23.1 Å². The molecule has 3 aromatic rings. The fourth-order valence-electron chi connectivity index (χ4n) is 3.82. The predicted molar refractivity (Wildman–Crippen MR) is 128 cm³/mol. The minimum atomic E-state index is -0.122. The van der Waals surface area contributed by atoms with Gasteiger partial charge in [0.25, 0.3) is 5.91 Å². The van der Waals surface area contributed by atoms with E-state index in [1.165, 1.54) is 0 Å². The third-order valence-corrected chi connectivity index (χ3v) is 6.20. The molecular weight excluding hydrogens is 455 g/mol. The zero-order valence-corrected chi connectivity index (χ0v) is 19.5. The van der Waals surface area contributed by atoms with Crippen molar-refractivity contribution in [1.82, 2.24) is 20.4 Å². The number of hydrogen-bond acceptors (Lipinski definition) is 3. The molecule has 8 heteroatoms. The number of benzene rings is 2. The number of hydrogen-bond donors (Lipinski definition) is 2. The van der Waals surface area contributed by atoms with E-state index in [0.29, 0.717) is 22.2 Å². The van der Waals surface area contributed by atoms with Gasteiger partial charge in [-0.15, -0.1) is 12.4 Å². The molecule has 1 fully saturated rings. The first-order valence-corrected chi connectivity index (χ1v) is 10.9. The van der Waals surface area contributed by atoms with Crippen molar-refractivity contribution in [2.75, 3.05) is 13.1 Å². The number of carbonyl (C=O) groups is 1. The van der Waals surface area contributed by atoms with Crippen LogP contribution in [0.3, 0.4) is 0 Å². The largest absolute Gasteiger partial charge is 0.348 e. The highest BCUT2D eigenvalue weighted by Crippen LogP contribution is 2.31. The normalized spacial score (nSPS) is 14.2. The molecule has 164 valence electrons. The summed E-state index contributed by atoms with van der Waals surface area (Å²) < 4.78 is 1.87. The van der Waals surface area contributed by atoms with Crippen LogP contribution in [0.4, 0.5) is 0 Å². The molecule has 4 rings (SSSR count). The molecule has 2 aromatic carbocycles. The summed E-state index contributed by atoms with van der Waals surface area (Å²) in [6.45, 7) is 4.26. The Labute approximate surface area is 198 Å². The van der Waals surface area contributed by atoms with E-state index in [2.05, 4.69) is 15.7 Å². The average Bonchev–Trinajstić information content (AvgIpc) is 3.21. The second-order valence-corrected chi connectivity index (χ2v) is 8.47. The Morgan fingerprint density at radius 1 is 1.16 bits per heavy atom. The lowest BCUT2D eigenvalue weighted by molar-refractivity contribution is 0.0949. The molecule has 0 radical (unpaired) electrons. The summed E-state index contributed by atoms with van der Waals surface area (Å²) in [4.78, 5) is 13.1. The summed E-state index contributed by atoms with van der Waals surface area (Å²) in [6, 6.07) is 13.3. The lowest BCUT2D eigenvalue weighted by atomic mass is 9.91. The molecule has 1 aliphatic heterocycles. The first-order valence-electron chi connectivity index (χ1n) is 10.1. The molecule has 0 unspecified atom stereocenters. The van der Waals surface area contributed by atoms with Crippen LogP contribution in [0.2, 0.25) is 10.0 Å². The molecule has 2 heterocycles. The second-order valence-electron chi connectivity index (χ2n) is 7.62. The Kier molecular flexibility index (Phi) is 8.00. The molecule has 1 aliphatic rings. The van der Waals surface area contributed by atoms with Crippen LogP contribution in [0.25, 0.3) is 5.69 Å². The van der Waals surface area contributed by atoms with Gasteiger partial charge in [0.1, 0.15) is 0 Å². The number of amides is 1. The molecule has 31 heavy (non-hydrogen) atoms. The number of carbonyl (C=O) groups excluding carboxylic acids is 1. The SMILES string of the molecule is Cc1ccc(-n2ncc(C(=O)NCc3ccc(Cl)cc3)c2C2CCNCC2)cc1Cl.Cl. The number of nitrogens with zero attached hydrogens (tertiary/aromatic N) is 2. The van der Waals surface area contributed by atoms with E-state index in [1.807, 2.05) is 54.1 Å². The van der Waals surface area contributed by atoms with Crippen LogP contribution in [0.1, 0.15) is 45.9 Å². The topological polar surface area (TPSA) is 59.0 Å². The summed E-state index contributed by atoms with van der Waals surface area (Å²) in [6.07, 6.45) is 3.59.